The highest BCUT2D eigenvalue weighted by Crippen LogP contribution is 2.16. The lowest BCUT2D eigenvalue weighted by Crippen LogP contribution is -2.40. The van der Waals surface area contributed by atoms with Crippen LogP contribution in [0.2, 0.25) is 0 Å². The van der Waals surface area contributed by atoms with Crippen molar-refractivity contribution < 1.29 is 0 Å². The zero-order chi connectivity index (χ0) is 13.6. The molecular formula is C16H24N4. The maximum absolute atomic E-state index is 4.46. The third-order valence-corrected chi connectivity index (χ3v) is 4.05. The molecule has 1 fully saturated rings. The largest absolute Gasteiger partial charge is 0.356 e. The zero-order valence-corrected chi connectivity index (χ0v) is 12.1. The molecular weight excluding hydrogens is 248 g/mol. The average Bonchev–Trinajstić information content (AvgIpc) is 3.00. The first-order valence-corrected chi connectivity index (χ1v) is 7.73. The molecule has 0 radical (unpaired) electrons. The summed E-state index contributed by atoms with van der Waals surface area (Å²) in [5.41, 5.74) is 2.83. The van der Waals surface area contributed by atoms with Crippen LogP contribution in [-0.4, -0.2) is 37.0 Å². The second kappa shape index (κ2) is 6.75. The van der Waals surface area contributed by atoms with Crippen LogP contribution in [0.5, 0.6) is 0 Å². The van der Waals surface area contributed by atoms with Gasteiger partial charge in [0.1, 0.15) is 0 Å². The van der Waals surface area contributed by atoms with Crippen LogP contribution in [-0.2, 0) is 13.1 Å². The van der Waals surface area contributed by atoms with E-state index in [0.717, 1.165) is 38.6 Å². The summed E-state index contributed by atoms with van der Waals surface area (Å²) < 4.78 is 0. The molecule has 0 amide bonds. The highest BCUT2D eigenvalue weighted by atomic mass is 15.2. The van der Waals surface area contributed by atoms with E-state index in [1.165, 1.54) is 37.1 Å². The lowest BCUT2D eigenvalue weighted by atomic mass is 10.1. The van der Waals surface area contributed by atoms with Gasteiger partial charge in [0.05, 0.1) is 0 Å². The molecule has 0 aromatic heterocycles. The van der Waals surface area contributed by atoms with E-state index in [1.807, 2.05) is 0 Å². The van der Waals surface area contributed by atoms with Crippen molar-refractivity contribution in [1.82, 2.24) is 15.5 Å². The van der Waals surface area contributed by atoms with Crippen LogP contribution in [0.3, 0.4) is 0 Å². The van der Waals surface area contributed by atoms with Crippen LogP contribution in [0.4, 0.5) is 0 Å². The topological polar surface area (TPSA) is 39.7 Å². The van der Waals surface area contributed by atoms with E-state index in [1.54, 1.807) is 0 Å². The second-order valence-electron chi connectivity index (χ2n) is 5.62. The maximum atomic E-state index is 4.46. The van der Waals surface area contributed by atoms with Gasteiger partial charge in [-0.1, -0.05) is 24.3 Å². The fourth-order valence-electron chi connectivity index (χ4n) is 2.90. The molecule has 4 heteroatoms. The Kier molecular flexibility index (Phi) is 4.53. The summed E-state index contributed by atoms with van der Waals surface area (Å²) in [5.74, 6) is 0.951. The molecule has 1 aromatic carbocycles. The Labute approximate surface area is 121 Å². The maximum Gasteiger partial charge on any atom is 0.191 e. The van der Waals surface area contributed by atoms with Crippen molar-refractivity contribution in [1.29, 1.82) is 0 Å². The Morgan fingerprint density at radius 2 is 1.90 bits per heavy atom. The quantitative estimate of drug-likeness (QED) is 0.877. The van der Waals surface area contributed by atoms with E-state index < -0.39 is 0 Å². The number of guanidine groups is 1. The summed E-state index contributed by atoms with van der Waals surface area (Å²) >= 11 is 0. The van der Waals surface area contributed by atoms with Gasteiger partial charge in [0, 0.05) is 26.2 Å². The van der Waals surface area contributed by atoms with Gasteiger partial charge in [0.2, 0.25) is 0 Å². The van der Waals surface area contributed by atoms with Crippen molar-refractivity contribution >= 4 is 5.96 Å². The molecule has 2 aliphatic heterocycles. The molecule has 0 aliphatic carbocycles. The van der Waals surface area contributed by atoms with E-state index in [0.29, 0.717) is 0 Å². The van der Waals surface area contributed by atoms with Crippen LogP contribution in [0, 0.1) is 0 Å². The average molecular weight is 272 g/mol. The first-order chi connectivity index (χ1) is 9.92. The predicted octanol–water partition coefficient (Wildman–Crippen LogP) is 1.72. The molecule has 0 saturated carbocycles. The number of hydrogen-bond donors (Lipinski definition) is 2. The van der Waals surface area contributed by atoms with Gasteiger partial charge in [-0.25, -0.2) is 0 Å². The SMILES string of the molecule is c1ccc(CN2CCCC2)c(CNC2=NCCCN2)c1. The Balaban J connectivity index is 1.61. The first-order valence-electron chi connectivity index (χ1n) is 7.73. The molecule has 4 nitrogen and oxygen atoms in total. The zero-order valence-electron chi connectivity index (χ0n) is 12.1. The van der Waals surface area contributed by atoms with E-state index in [2.05, 4.69) is 44.8 Å². The minimum atomic E-state index is 0.857. The van der Waals surface area contributed by atoms with Gasteiger partial charge in [0.15, 0.2) is 5.96 Å². The fourth-order valence-corrected chi connectivity index (χ4v) is 2.90. The summed E-state index contributed by atoms with van der Waals surface area (Å²) in [5, 5.41) is 6.73. The van der Waals surface area contributed by atoms with Gasteiger partial charge >= 0.3 is 0 Å². The summed E-state index contributed by atoms with van der Waals surface area (Å²) in [6.07, 6.45) is 3.83. The fraction of sp³-hybridized carbons (Fsp3) is 0.562. The van der Waals surface area contributed by atoms with Crippen molar-refractivity contribution in [2.45, 2.75) is 32.4 Å². The molecule has 0 spiro atoms. The van der Waals surface area contributed by atoms with Gasteiger partial charge in [0.25, 0.3) is 0 Å². The molecule has 20 heavy (non-hydrogen) atoms. The Morgan fingerprint density at radius 1 is 1.10 bits per heavy atom. The van der Waals surface area contributed by atoms with Crippen LogP contribution >= 0.6 is 0 Å². The van der Waals surface area contributed by atoms with Crippen molar-refractivity contribution in [3.05, 3.63) is 35.4 Å². The van der Waals surface area contributed by atoms with Crippen LogP contribution in [0.1, 0.15) is 30.4 Å². The standard InChI is InChI=1S/C16H24N4/c1-2-7-15(13-20-10-3-4-11-20)14(6-1)12-19-16-17-8-5-9-18-16/h1-2,6-7H,3-5,8-13H2,(H2,17,18,19). The minimum Gasteiger partial charge on any atom is -0.356 e. The molecule has 3 rings (SSSR count). The van der Waals surface area contributed by atoms with Gasteiger partial charge in [-0.3, -0.25) is 9.89 Å². The van der Waals surface area contributed by atoms with Crippen molar-refractivity contribution in [3.8, 4) is 0 Å². The summed E-state index contributed by atoms with van der Waals surface area (Å²) in [6, 6.07) is 8.75. The van der Waals surface area contributed by atoms with E-state index >= 15 is 0 Å². The Bertz CT molecular complexity index is 463. The summed E-state index contributed by atoms with van der Waals surface area (Å²) in [6.45, 7) is 6.39. The molecule has 2 aliphatic rings. The molecule has 0 unspecified atom stereocenters. The summed E-state index contributed by atoms with van der Waals surface area (Å²) in [4.78, 5) is 7.01. The van der Waals surface area contributed by atoms with E-state index in [-0.39, 0.29) is 0 Å². The highest BCUT2D eigenvalue weighted by molar-refractivity contribution is 5.80. The first kappa shape index (κ1) is 13.4. The number of nitrogens with zero attached hydrogens (tertiary/aromatic N) is 2. The number of benzene rings is 1. The third-order valence-electron chi connectivity index (χ3n) is 4.05. The van der Waals surface area contributed by atoms with Gasteiger partial charge in [-0.05, 0) is 43.5 Å². The van der Waals surface area contributed by atoms with Crippen molar-refractivity contribution in [3.63, 3.8) is 0 Å². The number of aliphatic imine (C=N–C) groups is 1. The van der Waals surface area contributed by atoms with Crippen LogP contribution in [0.25, 0.3) is 0 Å². The number of likely N-dealkylation sites (tertiary alicyclic amines) is 1. The molecule has 1 aromatic rings. The number of nitrogens with one attached hydrogen (secondary N) is 2. The smallest absolute Gasteiger partial charge is 0.191 e. The van der Waals surface area contributed by atoms with Gasteiger partial charge in [-0.2, -0.15) is 0 Å². The Morgan fingerprint density at radius 3 is 2.65 bits per heavy atom. The number of rotatable bonds is 4. The van der Waals surface area contributed by atoms with Crippen molar-refractivity contribution in [2.75, 3.05) is 26.2 Å². The second-order valence-corrected chi connectivity index (χ2v) is 5.62. The van der Waals surface area contributed by atoms with Gasteiger partial charge in [-0.15, -0.1) is 0 Å². The lowest BCUT2D eigenvalue weighted by Gasteiger charge is -2.19. The normalized spacial score (nSPS) is 19.5. The Hall–Kier alpha value is -1.55. The molecule has 0 atom stereocenters. The predicted molar refractivity (Wildman–Crippen MR) is 82.7 cm³/mol. The molecule has 1 saturated heterocycles. The monoisotopic (exact) mass is 272 g/mol. The molecule has 108 valence electrons. The highest BCUT2D eigenvalue weighted by Gasteiger charge is 2.13. The molecule has 0 bridgehead atoms. The van der Waals surface area contributed by atoms with E-state index in [9.17, 15) is 0 Å². The lowest BCUT2D eigenvalue weighted by molar-refractivity contribution is 0.330. The molecule has 2 N–H and O–H groups in total. The minimum absolute atomic E-state index is 0.857. The van der Waals surface area contributed by atoms with Crippen LogP contribution in [0.15, 0.2) is 29.3 Å². The van der Waals surface area contributed by atoms with E-state index in [4.69, 9.17) is 0 Å². The summed E-state index contributed by atoms with van der Waals surface area (Å²) in [7, 11) is 0. The third kappa shape index (κ3) is 3.51. The van der Waals surface area contributed by atoms with Crippen LogP contribution < -0.4 is 10.6 Å². The molecule has 2 heterocycles. The van der Waals surface area contributed by atoms with Crippen molar-refractivity contribution in [2.24, 2.45) is 4.99 Å². The van der Waals surface area contributed by atoms with Gasteiger partial charge < -0.3 is 10.6 Å². The number of hydrogen-bond acceptors (Lipinski definition) is 4.